The zero-order valence-corrected chi connectivity index (χ0v) is 21.7. The molecule has 8 nitrogen and oxygen atoms in total. The van der Waals surface area contributed by atoms with E-state index in [4.69, 9.17) is 9.84 Å². The highest BCUT2D eigenvalue weighted by Crippen LogP contribution is 2.38. The largest absolute Gasteiger partial charge is 0.497 e. The molecule has 0 unspecified atom stereocenters. The average molecular weight is 520 g/mol. The van der Waals surface area contributed by atoms with Crippen molar-refractivity contribution in [2.24, 2.45) is 5.92 Å². The predicted octanol–water partition coefficient (Wildman–Crippen LogP) is 4.64. The van der Waals surface area contributed by atoms with Gasteiger partial charge in [0.1, 0.15) is 5.75 Å². The Morgan fingerprint density at radius 1 is 1.05 bits per heavy atom. The first-order valence-corrected chi connectivity index (χ1v) is 13.2. The predicted molar refractivity (Wildman–Crippen MR) is 149 cm³/mol. The van der Waals surface area contributed by atoms with Gasteiger partial charge in [0.25, 0.3) is 5.91 Å². The van der Waals surface area contributed by atoms with Crippen molar-refractivity contribution in [3.8, 4) is 16.9 Å². The Balaban J connectivity index is 1.18. The Labute approximate surface area is 226 Å². The number of fused-ring (bicyclic) bond motifs is 2. The minimum absolute atomic E-state index is 0.256. The van der Waals surface area contributed by atoms with Crippen LogP contribution in [0.1, 0.15) is 29.5 Å². The fraction of sp³-hybridized carbons (Fsp3) is 0.258. The van der Waals surface area contributed by atoms with Crippen LogP contribution in [0.15, 0.2) is 73.4 Å². The summed E-state index contributed by atoms with van der Waals surface area (Å²) in [6.45, 7) is 6.11. The van der Waals surface area contributed by atoms with E-state index in [2.05, 4.69) is 46.3 Å². The zero-order valence-electron chi connectivity index (χ0n) is 21.7. The lowest BCUT2D eigenvalue weighted by Crippen LogP contribution is -2.51. The first kappa shape index (κ1) is 23.5. The lowest BCUT2D eigenvalue weighted by Gasteiger charge is -2.33. The molecule has 0 bridgehead atoms. The van der Waals surface area contributed by atoms with E-state index in [1.54, 1.807) is 7.11 Å². The van der Waals surface area contributed by atoms with E-state index in [-0.39, 0.29) is 12.5 Å². The SMILES string of the molecule is C=C1c2cc(OC)ccc2CN1C[C@@]1(c2ccc(-c3ccc4nn(CC5CC5)cc4c3)cc2)NC(=O)NC1=O. The third kappa shape index (κ3) is 4.03. The number of hydrogen-bond acceptors (Lipinski definition) is 5. The number of carbonyl (C=O) groups excluding carboxylic acids is 2. The van der Waals surface area contributed by atoms with E-state index in [0.29, 0.717) is 12.1 Å². The average Bonchev–Trinajstić information content (AvgIpc) is 3.48. The Morgan fingerprint density at radius 2 is 1.85 bits per heavy atom. The Bertz CT molecular complexity index is 1650. The molecule has 3 aromatic carbocycles. The number of hydrogen-bond donors (Lipinski definition) is 2. The van der Waals surface area contributed by atoms with Crippen LogP contribution < -0.4 is 15.4 Å². The smallest absolute Gasteiger partial charge is 0.322 e. The molecule has 196 valence electrons. The van der Waals surface area contributed by atoms with Gasteiger partial charge in [-0.1, -0.05) is 43.0 Å². The second-order valence-corrected chi connectivity index (χ2v) is 10.8. The molecular formula is C31H29N5O3. The molecule has 1 saturated heterocycles. The van der Waals surface area contributed by atoms with Crippen LogP contribution in [-0.2, 0) is 23.4 Å². The summed E-state index contributed by atoms with van der Waals surface area (Å²) in [5.74, 6) is 1.15. The summed E-state index contributed by atoms with van der Waals surface area (Å²) in [4.78, 5) is 27.7. The van der Waals surface area contributed by atoms with Crippen molar-refractivity contribution in [3.63, 3.8) is 0 Å². The van der Waals surface area contributed by atoms with Gasteiger partial charge >= 0.3 is 6.03 Å². The quantitative estimate of drug-likeness (QED) is 0.347. The number of aromatic nitrogens is 2. The van der Waals surface area contributed by atoms with Gasteiger partial charge in [-0.25, -0.2) is 4.79 Å². The molecule has 2 N–H and O–H groups in total. The molecule has 1 atom stereocenters. The summed E-state index contributed by atoms with van der Waals surface area (Å²) in [6.07, 6.45) is 4.71. The van der Waals surface area contributed by atoms with Crippen LogP contribution in [0.2, 0.25) is 0 Å². The maximum absolute atomic E-state index is 13.3. The summed E-state index contributed by atoms with van der Waals surface area (Å²) in [6, 6.07) is 19.5. The molecule has 1 saturated carbocycles. The fourth-order valence-corrected chi connectivity index (χ4v) is 5.76. The highest BCUT2D eigenvalue weighted by atomic mass is 16.5. The van der Waals surface area contributed by atoms with Crippen molar-refractivity contribution in [1.29, 1.82) is 0 Å². The number of nitrogens with zero attached hydrogens (tertiary/aromatic N) is 3. The summed E-state index contributed by atoms with van der Waals surface area (Å²) in [7, 11) is 1.63. The van der Waals surface area contributed by atoms with Crippen molar-refractivity contribution in [1.82, 2.24) is 25.3 Å². The van der Waals surface area contributed by atoms with Crippen molar-refractivity contribution >= 4 is 28.5 Å². The third-order valence-corrected chi connectivity index (χ3v) is 8.15. The molecule has 3 amide bonds. The van der Waals surface area contributed by atoms with Gasteiger partial charge in [0, 0.05) is 35.9 Å². The standard InChI is InChI=1S/C31H29N5O3/c1-19-27-14-26(39-2)11-7-23(27)16-35(19)18-31(29(37)32-30(38)33-31)25-9-5-21(6-10-25)22-8-12-28-24(13-22)17-36(34-28)15-20-3-4-20/h5-14,17,20H,1,3-4,15-16,18H2,2H3,(H2,32,33,37,38)/t31-/m0/s1. The molecule has 4 aromatic rings. The minimum Gasteiger partial charge on any atom is -0.497 e. The number of urea groups is 1. The maximum atomic E-state index is 13.3. The highest BCUT2D eigenvalue weighted by molar-refractivity contribution is 6.07. The molecule has 3 aliphatic rings. The Morgan fingerprint density at radius 3 is 2.56 bits per heavy atom. The van der Waals surface area contributed by atoms with Crippen molar-refractivity contribution < 1.29 is 14.3 Å². The van der Waals surface area contributed by atoms with Gasteiger partial charge in [0.2, 0.25) is 0 Å². The van der Waals surface area contributed by atoms with Crippen molar-refractivity contribution in [2.75, 3.05) is 13.7 Å². The van der Waals surface area contributed by atoms with E-state index in [1.807, 2.05) is 47.4 Å². The van der Waals surface area contributed by atoms with Crippen LogP contribution in [-0.4, -0.2) is 40.3 Å². The minimum atomic E-state index is -1.24. The van der Waals surface area contributed by atoms with Crippen LogP contribution in [0.25, 0.3) is 27.7 Å². The van der Waals surface area contributed by atoms with Crippen LogP contribution in [0, 0.1) is 5.92 Å². The second kappa shape index (κ2) is 8.73. The number of imide groups is 1. The summed E-state index contributed by atoms with van der Waals surface area (Å²) in [5.41, 5.74) is 5.46. The molecule has 39 heavy (non-hydrogen) atoms. The van der Waals surface area contributed by atoms with Gasteiger partial charge in [-0.2, -0.15) is 5.10 Å². The van der Waals surface area contributed by atoms with E-state index in [9.17, 15) is 9.59 Å². The number of carbonyl (C=O) groups is 2. The van der Waals surface area contributed by atoms with Gasteiger partial charge in [-0.15, -0.1) is 0 Å². The molecular weight excluding hydrogens is 490 g/mol. The van der Waals surface area contributed by atoms with Crippen molar-refractivity contribution in [2.45, 2.75) is 31.5 Å². The zero-order chi connectivity index (χ0) is 26.7. The number of methoxy groups -OCH3 is 1. The summed E-state index contributed by atoms with van der Waals surface area (Å²) in [5, 5.41) is 11.2. The summed E-state index contributed by atoms with van der Waals surface area (Å²) >= 11 is 0. The molecule has 0 spiro atoms. The highest BCUT2D eigenvalue weighted by Gasteiger charge is 2.49. The maximum Gasteiger partial charge on any atom is 0.322 e. The fourth-order valence-electron chi connectivity index (χ4n) is 5.76. The van der Waals surface area contributed by atoms with E-state index >= 15 is 0 Å². The molecule has 8 heteroatoms. The molecule has 2 aliphatic heterocycles. The molecule has 2 fully saturated rings. The van der Waals surface area contributed by atoms with Crippen LogP contribution >= 0.6 is 0 Å². The molecule has 7 rings (SSSR count). The topological polar surface area (TPSA) is 88.5 Å². The lowest BCUT2D eigenvalue weighted by atomic mass is 9.88. The molecule has 3 heterocycles. The van der Waals surface area contributed by atoms with E-state index in [1.165, 1.54) is 12.8 Å². The van der Waals surface area contributed by atoms with Crippen molar-refractivity contribution in [3.05, 3.63) is 90.1 Å². The molecule has 0 radical (unpaired) electrons. The number of rotatable bonds is 7. The van der Waals surface area contributed by atoms with Gasteiger partial charge in [-0.3, -0.25) is 14.8 Å². The number of amides is 3. The van der Waals surface area contributed by atoms with Crippen LogP contribution in [0.3, 0.4) is 0 Å². The number of ether oxygens (including phenoxy) is 1. The Kier molecular flexibility index (Phi) is 5.26. The van der Waals surface area contributed by atoms with Crippen LogP contribution in [0.5, 0.6) is 5.75 Å². The van der Waals surface area contributed by atoms with Gasteiger partial charge in [0.15, 0.2) is 5.54 Å². The normalized spacial score (nSPS) is 20.3. The van der Waals surface area contributed by atoms with E-state index < -0.39 is 11.6 Å². The Hall–Kier alpha value is -4.59. The monoisotopic (exact) mass is 519 g/mol. The first-order chi connectivity index (χ1) is 18.9. The first-order valence-electron chi connectivity index (χ1n) is 13.2. The van der Waals surface area contributed by atoms with Gasteiger partial charge < -0.3 is 15.0 Å². The molecule has 1 aromatic heterocycles. The van der Waals surface area contributed by atoms with Gasteiger partial charge in [-0.05, 0) is 65.3 Å². The third-order valence-electron chi connectivity index (χ3n) is 8.15. The van der Waals surface area contributed by atoms with E-state index in [0.717, 1.165) is 57.1 Å². The lowest BCUT2D eigenvalue weighted by molar-refractivity contribution is -0.124. The second-order valence-electron chi connectivity index (χ2n) is 10.8. The molecule has 1 aliphatic carbocycles. The van der Waals surface area contributed by atoms with Crippen LogP contribution in [0.4, 0.5) is 4.79 Å². The van der Waals surface area contributed by atoms with Gasteiger partial charge in [0.05, 0.1) is 19.2 Å². The summed E-state index contributed by atoms with van der Waals surface area (Å²) < 4.78 is 7.44. The number of nitrogens with one attached hydrogen (secondary N) is 2. The number of benzene rings is 3.